The van der Waals surface area contributed by atoms with Gasteiger partial charge in [0.05, 0.1) is 25.7 Å². The van der Waals surface area contributed by atoms with E-state index in [1.54, 1.807) is 13.8 Å². The van der Waals surface area contributed by atoms with Crippen LogP contribution in [0.2, 0.25) is 0 Å². The van der Waals surface area contributed by atoms with E-state index in [9.17, 15) is 19.2 Å². The quantitative estimate of drug-likeness (QED) is 0.110. The zero-order chi connectivity index (χ0) is 36.7. The van der Waals surface area contributed by atoms with E-state index in [1.807, 2.05) is 0 Å². The summed E-state index contributed by atoms with van der Waals surface area (Å²) in [6.45, 7) is 22.3. The molecule has 294 valence electrons. The van der Waals surface area contributed by atoms with Crippen molar-refractivity contribution >= 4 is 23.9 Å². The highest BCUT2D eigenvalue weighted by Crippen LogP contribution is 2.04. The Morgan fingerprint density at radius 3 is 1.10 bits per heavy atom. The molecule has 4 aliphatic rings. The minimum Gasteiger partial charge on any atom is -0.462 e. The lowest BCUT2D eigenvalue weighted by Crippen LogP contribution is -2.45. The van der Waals surface area contributed by atoms with Gasteiger partial charge in [-0.25, -0.2) is 0 Å². The van der Waals surface area contributed by atoms with Gasteiger partial charge in [-0.05, 0) is 20.9 Å². The van der Waals surface area contributed by atoms with Gasteiger partial charge in [0, 0.05) is 131 Å². The van der Waals surface area contributed by atoms with Crippen LogP contribution in [0.15, 0.2) is 0 Å². The molecule has 0 aromatic carbocycles. The molecule has 4 saturated heterocycles. The first-order valence-corrected chi connectivity index (χ1v) is 19.1. The normalized spacial score (nSPS) is 21.1. The number of nitrogens with one attached hydrogen (secondary N) is 3. The number of piperazine rings is 4. The predicted molar refractivity (Wildman–Crippen MR) is 193 cm³/mol. The van der Waals surface area contributed by atoms with Crippen molar-refractivity contribution in [3.8, 4) is 0 Å². The van der Waals surface area contributed by atoms with Gasteiger partial charge in [0.2, 0.25) is 0 Å². The standard InChI is InChI=1S/C18H34N4O4.C17H32N4O4/c1-16(26-18(24)4-8-21-9-5-19-6-10-21)15-25-17(23)3-7-22-13-11-20(2)12-14-22;1-15(25-17(23)3-9-21-12-6-19-7-13-21)14-24-16(22)2-8-20-10-4-18-5-11-20/h16,19H,3-15H2,1-2H3;15,18-19H,2-14H2,1H3. The summed E-state index contributed by atoms with van der Waals surface area (Å²) < 4.78 is 21.1. The van der Waals surface area contributed by atoms with Crippen molar-refractivity contribution in [1.82, 2.24) is 40.4 Å². The number of carbonyl (C=O) groups is 4. The van der Waals surface area contributed by atoms with E-state index in [0.717, 1.165) is 131 Å². The van der Waals surface area contributed by atoms with Crippen LogP contribution in [0.5, 0.6) is 0 Å². The fraction of sp³-hybridized carbons (Fsp3) is 0.886. The van der Waals surface area contributed by atoms with Crippen molar-refractivity contribution in [2.45, 2.75) is 51.7 Å². The molecular formula is C35H66N8O8. The molecule has 0 aromatic heterocycles. The molecule has 4 fully saturated rings. The van der Waals surface area contributed by atoms with Crippen LogP contribution >= 0.6 is 0 Å². The molecule has 3 N–H and O–H groups in total. The molecule has 4 aliphatic heterocycles. The van der Waals surface area contributed by atoms with Crippen molar-refractivity contribution in [3.05, 3.63) is 0 Å². The highest BCUT2D eigenvalue weighted by atomic mass is 16.6. The summed E-state index contributed by atoms with van der Waals surface area (Å²) >= 11 is 0. The molecule has 0 spiro atoms. The highest BCUT2D eigenvalue weighted by molar-refractivity contribution is 5.71. The van der Waals surface area contributed by atoms with E-state index < -0.39 is 12.2 Å². The summed E-state index contributed by atoms with van der Waals surface area (Å²) in [5.41, 5.74) is 0. The van der Waals surface area contributed by atoms with Crippen LogP contribution < -0.4 is 16.0 Å². The van der Waals surface area contributed by atoms with Crippen LogP contribution in [0, 0.1) is 0 Å². The molecule has 16 nitrogen and oxygen atoms in total. The SMILES string of the molecule is CC(COC(=O)CCN1CCN(C)CC1)OC(=O)CCN1CCNCC1.CC(COC(=O)CCN1CCNCC1)OC(=O)CCN1CCNCC1. The fourth-order valence-corrected chi connectivity index (χ4v) is 6.07. The lowest BCUT2D eigenvalue weighted by atomic mass is 10.3. The average molecular weight is 727 g/mol. The first-order valence-electron chi connectivity index (χ1n) is 19.1. The van der Waals surface area contributed by atoms with Crippen molar-refractivity contribution in [2.24, 2.45) is 0 Å². The average Bonchev–Trinajstić information content (AvgIpc) is 3.15. The van der Waals surface area contributed by atoms with E-state index in [2.05, 4.69) is 47.5 Å². The summed E-state index contributed by atoms with van der Waals surface area (Å²) in [4.78, 5) is 58.7. The first-order chi connectivity index (χ1) is 24.7. The van der Waals surface area contributed by atoms with Crippen molar-refractivity contribution in [1.29, 1.82) is 0 Å². The Kier molecular flexibility index (Phi) is 21.5. The summed E-state index contributed by atoms with van der Waals surface area (Å²) in [6.07, 6.45) is 0.705. The molecule has 16 heteroatoms. The summed E-state index contributed by atoms with van der Waals surface area (Å²) in [5, 5.41) is 9.84. The number of rotatable bonds is 18. The number of esters is 4. The monoisotopic (exact) mass is 727 g/mol. The van der Waals surface area contributed by atoms with Gasteiger partial charge < -0.3 is 59.4 Å². The summed E-state index contributed by atoms with van der Waals surface area (Å²) in [5.74, 6) is -0.928. The van der Waals surface area contributed by atoms with E-state index >= 15 is 0 Å². The summed E-state index contributed by atoms with van der Waals surface area (Å²) in [7, 11) is 2.11. The minimum absolute atomic E-state index is 0.125. The Morgan fingerprint density at radius 2 is 0.765 bits per heavy atom. The Hall–Kier alpha value is -2.44. The molecule has 0 aliphatic carbocycles. The maximum absolute atomic E-state index is 11.9. The zero-order valence-electron chi connectivity index (χ0n) is 31.5. The topological polar surface area (TPSA) is 157 Å². The fourth-order valence-electron chi connectivity index (χ4n) is 6.07. The molecule has 2 atom stereocenters. The summed E-state index contributed by atoms with van der Waals surface area (Å²) in [6, 6.07) is 0. The van der Waals surface area contributed by atoms with Crippen molar-refractivity contribution < 1.29 is 38.1 Å². The Balaban J connectivity index is 0.000000276. The van der Waals surface area contributed by atoms with Crippen LogP contribution in [0.1, 0.15) is 39.5 Å². The third kappa shape index (κ3) is 20.4. The third-order valence-electron chi connectivity index (χ3n) is 9.38. The lowest BCUT2D eigenvalue weighted by Gasteiger charge is -2.32. The zero-order valence-corrected chi connectivity index (χ0v) is 31.5. The Labute approximate surface area is 305 Å². The maximum atomic E-state index is 11.9. The van der Waals surface area contributed by atoms with E-state index in [-0.39, 0.29) is 37.1 Å². The second kappa shape index (κ2) is 25.5. The molecule has 0 bridgehead atoms. The third-order valence-corrected chi connectivity index (χ3v) is 9.38. The van der Waals surface area contributed by atoms with Gasteiger partial charge in [0.25, 0.3) is 0 Å². The molecule has 0 radical (unpaired) electrons. The van der Waals surface area contributed by atoms with Crippen LogP contribution in [-0.2, 0) is 38.1 Å². The second-order valence-electron chi connectivity index (χ2n) is 13.9. The smallest absolute Gasteiger partial charge is 0.307 e. The van der Waals surface area contributed by atoms with Gasteiger partial charge in [0.15, 0.2) is 0 Å². The number of likely N-dealkylation sites (N-methyl/N-ethyl adjacent to an activating group) is 1. The molecule has 0 amide bonds. The number of hydrogen-bond acceptors (Lipinski definition) is 16. The van der Waals surface area contributed by atoms with Crippen LogP contribution in [0.3, 0.4) is 0 Å². The largest absolute Gasteiger partial charge is 0.462 e. The predicted octanol–water partition coefficient (Wildman–Crippen LogP) is -1.55. The van der Waals surface area contributed by atoms with Gasteiger partial charge in [-0.1, -0.05) is 0 Å². The number of hydrogen-bond donors (Lipinski definition) is 3. The second-order valence-corrected chi connectivity index (χ2v) is 13.9. The number of carbonyl (C=O) groups excluding carboxylic acids is 4. The van der Waals surface area contributed by atoms with Gasteiger partial charge in [-0.15, -0.1) is 0 Å². The molecular weight excluding hydrogens is 660 g/mol. The maximum Gasteiger partial charge on any atom is 0.307 e. The molecule has 2 unspecified atom stereocenters. The van der Waals surface area contributed by atoms with E-state index in [4.69, 9.17) is 18.9 Å². The van der Waals surface area contributed by atoms with Gasteiger partial charge in [-0.2, -0.15) is 0 Å². The molecule has 0 aromatic rings. The van der Waals surface area contributed by atoms with Crippen LogP contribution in [0.4, 0.5) is 0 Å². The first kappa shape index (κ1) is 43.0. The Morgan fingerprint density at radius 1 is 0.471 bits per heavy atom. The molecule has 4 heterocycles. The van der Waals surface area contributed by atoms with E-state index in [1.165, 1.54) is 0 Å². The highest BCUT2D eigenvalue weighted by Gasteiger charge is 2.19. The van der Waals surface area contributed by atoms with Gasteiger partial charge >= 0.3 is 23.9 Å². The number of nitrogens with zero attached hydrogens (tertiary/aromatic N) is 5. The lowest BCUT2D eigenvalue weighted by molar-refractivity contribution is -0.158. The van der Waals surface area contributed by atoms with Crippen molar-refractivity contribution in [2.75, 3.05) is 151 Å². The van der Waals surface area contributed by atoms with E-state index in [0.29, 0.717) is 25.7 Å². The Bertz CT molecular complexity index is 1000. The van der Waals surface area contributed by atoms with Gasteiger partial charge in [0.1, 0.15) is 25.4 Å². The molecule has 4 rings (SSSR count). The number of ether oxygens (including phenoxy) is 4. The van der Waals surface area contributed by atoms with Crippen molar-refractivity contribution in [3.63, 3.8) is 0 Å². The van der Waals surface area contributed by atoms with Crippen LogP contribution in [-0.4, -0.2) is 212 Å². The molecule has 0 saturated carbocycles. The minimum atomic E-state index is -0.405. The van der Waals surface area contributed by atoms with Gasteiger partial charge in [-0.3, -0.25) is 19.2 Å². The van der Waals surface area contributed by atoms with Crippen LogP contribution in [0.25, 0.3) is 0 Å². The molecule has 51 heavy (non-hydrogen) atoms.